The Balaban J connectivity index is 1.50. The lowest BCUT2D eigenvalue weighted by molar-refractivity contribution is -0.132. The summed E-state index contributed by atoms with van der Waals surface area (Å²) in [5.41, 5.74) is 0. The van der Waals surface area contributed by atoms with Gasteiger partial charge in [-0.25, -0.2) is 0 Å². The van der Waals surface area contributed by atoms with Gasteiger partial charge in [0, 0.05) is 11.4 Å². The van der Waals surface area contributed by atoms with Gasteiger partial charge >= 0.3 is 0 Å². The summed E-state index contributed by atoms with van der Waals surface area (Å²) in [5.74, 6) is -0.225. The Bertz CT molecular complexity index is 868. The van der Waals surface area contributed by atoms with Crippen molar-refractivity contribution in [2.45, 2.75) is 142 Å². The van der Waals surface area contributed by atoms with E-state index in [1.165, 1.54) is 98.4 Å². The van der Waals surface area contributed by atoms with E-state index in [9.17, 15) is 9.59 Å². The number of thioether (sulfide) groups is 4. The van der Waals surface area contributed by atoms with Crippen molar-refractivity contribution in [3.63, 3.8) is 0 Å². The number of unbranched alkanes of at least 4 members (excludes halogenated alkanes) is 15. The number of hydrogen-bond acceptors (Lipinski definition) is 7. The van der Waals surface area contributed by atoms with E-state index < -0.39 is 6.04 Å². The molecule has 2 unspecified atom stereocenters. The van der Waals surface area contributed by atoms with E-state index in [4.69, 9.17) is 4.74 Å². The van der Waals surface area contributed by atoms with Crippen molar-refractivity contribution >= 4 is 58.9 Å². The Morgan fingerprint density at radius 1 is 0.744 bits per heavy atom. The molecule has 2 aliphatic rings. The van der Waals surface area contributed by atoms with Crippen LogP contribution in [0, 0.1) is 5.92 Å². The largest absolute Gasteiger partial charge is 0.366 e. The Labute approximate surface area is 280 Å². The van der Waals surface area contributed by atoms with Crippen molar-refractivity contribution in [1.82, 2.24) is 10.6 Å². The first-order valence-electron chi connectivity index (χ1n) is 17.0. The molecule has 9 heteroatoms. The highest BCUT2D eigenvalue weighted by atomic mass is 32.2. The zero-order valence-electron chi connectivity index (χ0n) is 27.1. The maximum absolute atomic E-state index is 13.0. The van der Waals surface area contributed by atoms with Gasteiger partial charge in [0.2, 0.25) is 11.8 Å². The van der Waals surface area contributed by atoms with Crippen LogP contribution in [0.3, 0.4) is 0 Å². The predicted octanol–water partition coefficient (Wildman–Crippen LogP) is 10.7. The molecule has 0 aromatic heterocycles. The second-order valence-electron chi connectivity index (χ2n) is 11.8. The summed E-state index contributed by atoms with van der Waals surface area (Å²) in [6.07, 6.45) is 23.3. The van der Waals surface area contributed by atoms with Gasteiger partial charge in [-0.1, -0.05) is 171 Å². The maximum Gasteiger partial charge on any atom is 0.246 e. The van der Waals surface area contributed by atoms with Gasteiger partial charge in [0.15, 0.2) is 0 Å². The third-order valence-electron chi connectivity index (χ3n) is 7.81. The van der Waals surface area contributed by atoms with Crippen molar-refractivity contribution in [1.29, 1.82) is 0 Å². The minimum Gasteiger partial charge on any atom is -0.366 e. The van der Waals surface area contributed by atoms with Crippen LogP contribution in [-0.2, 0) is 14.3 Å². The summed E-state index contributed by atoms with van der Waals surface area (Å²) in [4.78, 5) is 26.8. The molecular weight excluding hydrogens is 613 g/mol. The number of amides is 2. The molecule has 2 aliphatic heterocycles. The molecule has 246 valence electrons. The zero-order chi connectivity index (χ0) is 31.0. The summed E-state index contributed by atoms with van der Waals surface area (Å²) < 4.78 is 8.29. The molecule has 43 heavy (non-hydrogen) atoms. The minimum atomic E-state index is -0.520. The van der Waals surface area contributed by atoms with E-state index >= 15 is 0 Å². The van der Waals surface area contributed by atoms with Crippen LogP contribution in [0.25, 0.3) is 0 Å². The summed E-state index contributed by atoms with van der Waals surface area (Å²) in [7, 11) is 0. The third kappa shape index (κ3) is 18.3. The molecule has 0 fully saturated rings. The monoisotopic (exact) mass is 670 g/mol. The molecule has 2 rings (SSSR count). The van der Waals surface area contributed by atoms with Gasteiger partial charge < -0.3 is 15.4 Å². The van der Waals surface area contributed by atoms with Gasteiger partial charge in [-0.2, -0.15) is 0 Å². The van der Waals surface area contributed by atoms with E-state index in [0.717, 1.165) is 30.6 Å². The molecule has 0 aromatic carbocycles. The van der Waals surface area contributed by atoms with E-state index in [1.807, 2.05) is 6.92 Å². The standard InChI is InChI=1S/C34H58N2O3S4/c1-4-6-7-8-9-10-11-12-13-14-15-16-17-18-19-20-22-35-32(38)31(28(3)21-5-2)36-30(37)26-39-25-29-27-42-34(43-29)33-40-23-24-41-33/h23-24,27-28,31H,4-22,25-26H2,1-3H3,(H,35,38)(H,36,37). The summed E-state index contributed by atoms with van der Waals surface area (Å²) in [6, 6.07) is -0.520. The van der Waals surface area contributed by atoms with Crippen LogP contribution in [0.2, 0.25) is 0 Å². The van der Waals surface area contributed by atoms with Crippen molar-refractivity contribution in [2.75, 3.05) is 19.8 Å². The Morgan fingerprint density at radius 3 is 1.86 bits per heavy atom. The molecule has 2 atom stereocenters. The molecule has 0 saturated heterocycles. The normalized spacial score (nSPS) is 16.0. The third-order valence-corrected chi connectivity index (χ3v) is 12.9. The number of carbonyl (C=O) groups is 2. The van der Waals surface area contributed by atoms with Crippen molar-refractivity contribution in [3.05, 3.63) is 29.6 Å². The van der Waals surface area contributed by atoms with Crippen LogP contribution < -0.4 is 10.6 Å². The Hall–Kier alpha value is -0.480. The first kappa shape index (κ1) is 38.7. The number of carbonyl (C=O) groups excluding carboxylic acids is 2. The lowest BCUT2D eigenvalue weighted by Gasteiger charge is -2.24. The SMILES string of the molecule is CCCCCCCCCCCCCCCCCCNC(=O)C(NC(=O)COCC1=CSC(=C2SC=CS2)S1)C(C)CCC. The lowest BCUT2D eigenvalue weighted by atomic mass is 9.96. The van der Waals surface area contributed by atoms with Crippen LogP contribution >= 0.6 is 47.0 Å². The first-order valence-corrected chi connectivity index (χ1v) is 20.4. The number of ether oxygens (including phenoxy) is 1. The molecule has 2 N–H and O–H groups in total. The first-order chi connectivity index (χ1) is 21.0. The zero-order valence-corrected chi connectivity index (χ0v) is 30.4. The highest BCUT2D eigenvalue weighted by Crippen LogP contribution is 2.53. The number of hydrogen-bond donors (Lipinski definition) is 2. The average Bonchev–Trinajstić information content (AvgIpc) is 3.70. The fourth-order valence-corrected chi connectivity index (χ4v) is 9.70. The van der Waals surface area contributed by atoms with Crippen LogP contribution in [0.1, 0.15) is 136 Å². The van der Waals surface area contributed by atoms with Gasteiger partial charge in [0.25, 0.3) is 0 Å². The highest BCUT2D eigenvalue weighted by molar-refractivity contribution is 8.33. The predicted molar refractivity (Wildman–Crippen MR) is 194 cm³/mol. The fourth-order valence-electron chi connectivity index (χ4n) is 5.29. The van der Waals surface area contributed by atoms with Gasteiger partial charge in [0.1, 0.15) is 12.6 Å². The van der Waals surface area contributed by atoms with Crippen molar-refractivity contribution in [3.8, 4) is 0 Å². The quantitative estimate of drug-likeness (QED) is 0.0888. The van der Waals surface area contributed by atoms with Crippen LogP contribution in [-0.4, -0.2) is 37.6 Å². The highest BCUT2D eigenvalue weighted by Gasteiger charge is 2.26. The molecule has 2 heterocycles. The average molecular weight is 671 g/mol. The molecule has 0 aromatic rings. The smallest absolute Gasteiger partial charge is 0.246 e. The van der Waals surface area contributed by atoms with Gasteiger partial charge in [-0.15, -0.1) is 0 Å². The second kappa shape index (κ2) is 25.7. The van der Waals surface area contributed by atoms with E-state index in [2.05, 4.69) is 40.7 Å². The summed E-state index contributed by atoms with van der Waals surface area (Å²) in [6.45, 7) is 7.48. The molecule has 0 spiro atoms. The second-order valence-corrected chi connectivity index (χ2v) is 16.2. The molecule has 0 bridgehead atoms. The van der Waals surface area contributed by atoms with Crippen LogP contribution in [0.4, 0.5) is 0 Å². The molecule has 5 nitrogen and oxygen atoms in total. The summed E-state index contributed by atoms with van der Waals surface area (Å²) >= 11 is 6.93. The van der Waals surface area contributed by atoms with Crippen LogP contribution in [0.15, 0.2) is 29.6 Å². The summed E-state index contributed by atoms with van der Waals surface area (Å²) in [5, 5.41) is 12.3. The van der Waals surface area contributed by atoms with Gasteiger partial charge in [-0.3, -0.25) is 9.59 Å². The van der Waals surface area contributed by atoms with Crippen molar-refractivity contribution in [2.24, 2.45) is 5.92 Å². The van der Waals surface area contributed by atoms with E-state index in [1.54, 1.807) is 47.0 Å². The van der Waals surface area contributed by atoms with E-state index in [-0.39, 0.29) is 24.3 Å². The molecule has 0 saturated carbocycles. The topological polar surface area (TPSA) is 67.4 Å². The minimum absolute atomic E-state index is 0.0404. The molecule has 0 radical (unpaired) electrons. The van der Waals surface area contributed by atoms with Crippen LogP contribution in [0.5, 0.6) is 0 Å². The molecule has 0 aliphatic carbocycles. The molecular formula is C34H58N2O3S4. The lowest BCUT2D eigenvalue weighted by Crippen LogP contribution is -2.51. The fraction of sp³-hybridized carbons (Fsp3) is 0.765. The van der Waals surface area contributed by atoms with Gasteiger partial charge in [-0.05, 0) is 35.0 Å². The molecule has 2 amide bonds. The van der Waals surface area contributed by atoms with E-state index in [0.29, 0.717) is 13.2 Å². The Morgan fingerprint density at radius 2 is 1.30 bits per heavy atom. The van der Waals surface area contributed by atoms with Gasteiger partial charge in [0.05, 0.1) is 15.1 Å². The number of rotatable bonds is 26. The Kier molecular flexibility index (Phi) is 23.1. The van der Waals surface area contributed by atoms with Crippen molar-refractivity contribution < 1.29 is 14.3 Å². The number of nitrogens with one attached hydrogen (secondary N) is 2. The maximum atomic E-state index is 13.0.